The number of para-hydroxylation sites is 1. The number of hydrogen-bond donors (Lipinski definition) is 1. The van der Waals surface area contributed by atoms with Crippen molar-refractivity contribution in [3.63, 3.8) is 0 Å². The summed E-state index contributed by atoms with van der Waals surface area (Å²) in [6, 6.07) is 5.58. The van der Waals surface area contributed by atoms with Crippen molar-refractivity contribution >= 4 is 69.9 Å². The number of carbonyl (C=O) groups is 4. The molecule has 9 nitrogen and oxygen atoms in total. The second-order valence-corrected chi connectivity index (χ2v) is 15.2. The molecule has 2 aromatic carbocycles. The number of allylic oxidation sites excluding steroid dienone is 3. The zero-order valence-corrected chi connectivity index (χ0v) is 30.5. The number of benzene rings is 2. The maximum absolute atomic E-state index is 15.3. The molecule has 0 spiro atoms. The maximum atomic E-state index is 15.3. The number of phenols is 1. The Kier molecular flexibility index (Phi) is 9.28. The molecule has 20 heteroatoms. The fraction of sp³-hybridized carbons (Fsp3) is 0.306. The Morgan fingerprint density at radius 3 is 2.18 bits per heavy atom. The average Bonchev–Trinajstić information content (AvgIpc) is 3.48. The molecule has 294 valence electrons. The Morgan fingerprint density at radius 2 is 1.57 bits per heavy atom. The molecule has 2 aliphatic heterocycles. The number of rotatable bonds is 6. The summed E-state index contributed by atoms with van der Waals surface area (Å²) in [6.07, 6.45) is -3.26. The first-order chi connectivity index (χ1) is 26.1. The van der Waals surface area contributed by atoms with Gasteiger partial charge in [0.15, 0.2) is 38.8 Å². The third-order valence-electron chi connectivity index (χ3n) is 10.7. The number of aromatic hydroxyl groups is 1. The number of alkyl halides is 5. The van der Waals surface area contributed by atoms with Crippen LogP contribution in [0.5, 0.6) is 5.75 Å². The van der Waals surface area contributed by atoms with Gasteiger partial charge in [-0.25, -0.2) is 31.8 Å². The number of phenolic OH excluding ortho intramolecular Hbond substituents is 1. The smallest absolute Gasteiger partial charge is 0.433 e. The molecule has 0 unspecified atom stereocenters. The monoisotopic (exact) mass is 848 g/mol. The molecule has 3 fully saturated rings. The first-order valence-electron chi connectivity index (χ1n) is 16.4. The number of carbonyl (C=O) groups excluding carboxylic acids is 4. The molecule has 2 aliphatic carbocycles. The number of pyridine rings is 1. The van der Waals surface area contributed by atoms with Crippen LogP contribution in [0.1, 0.15) is 35.6 Å². The van der Waals surface area contributed by atoms with Gasteiger partial charge in [-0.2, -0.15) is 18.2 Å². The molecule has 0 radical (unpaired) electrons. The van der Waals surface area contributed by atoms with Gasteiger partial charge in [0.1, 0.15) is 17.1 Å². The van der Waals surface area contributed by atoms with Crippen LogP contribution >= 0.6 is 34.8 Å². The second-order valence-electron chi connectivity index (χ2n) is 13.6. The molecule has 1 aromatic heterocycles. The van der Waals surface area contributed by atoms with E-state index in [0.717, 1.165) is 13.1 Å². The summed E-state index contributed by atoms with van der Waals surface area (Å²) in [4.78, 5) is 54.6. The number of nitrogens with zero attached hydrogens (tertiary/aromatic N) is 4. The Labute approximate surface area is 325 Å². The van der Waals surface area contributed by atoms with Crippen molar-refractivity contribution in [1.82, 2.24) is 9.99 Å². The summed E-state index contributed by atoms with van der Waals surface area (Å²) in [5, 5.41) is 12.4. The van der Waals surface area contributed by atoms with E-state index in [9.17, 15) is 50.6 Å². The van der Waals surface area contributed by atoms with E-state index in [0.29, 0.717) is 16.1 Å². The van der Waals surface area contributed by atoms with Gasteiger partial charge in [-0.15, -0.1) is 29.8 Å². The van der Waals surface area contributed by atoms with E-state index >= 15 is 8.78 Å². The number of amides is 4. The van der Waals surface area contributed by atoms with E-state index in [-0.39, 0.29) is 39.5 Å². The van der Waals surface area contributed by atoms with Crippen LogP contribution in [0.2, 0.25) is 5.02 Å². The predicted octanol–water partition coefficient (Wildman–Crippen LogP) is 7.50. The lowest BCUT2D eigenvalue weighted by atomic mass is 9.56. The quantitative estimate of drug-likeness (QED) is 0.0684. The third kappa shape index (κ3) is 5.22. The average molecular weight is 850 g/mol. The molecule has 6 atom stereocenters. The number of aromatic nitrogens is 1. The topological polar surface area (TPSA) is 111 Å². The number of halogens is 11. The van der Waals surface area contributed by atoms with Crippen molar-refractivity contribution < 1.29 is 59.4 Å². The van der Waals surface area contributed by atoms with Crippen molar-refractivity contribution in [2.45, 2.75) is 41.1 Å². The standard InChI is InChI=1S/C36H23Cl3F8N4O5/c1-3-5-13-6-4-7-16(28(13)52)21-14-8-9-15-20(31(54)51(30(15)53)49(2)29-18(37)10-11-19(48-29)36(45,46)47)17(14)12-34(38)32(55)50(33(56)35(21,34)39)27-25(43)23(41)22(40)24(42)26(27)44/h3-4,6-8,10-11,15,17,20-21,52H,1,5,9,12H2,2H3/t15-,17+,20-,21+,34+,35-/m0/s1. The maximum Gasteiger partial charge on any atom is 0.433 e. The Hall–Kier alpha value is -4.74. The van der Waals surface area contributed by atoms with Crippen molar-refractivity contribution in [3.8, 4) is 5.75 Å². The highest BCUT2D eigenvalue weighted by Gasteiger charge is 2.77. The van der Waals surface area contributed by atoms with Crippen molar-refractivity contribution in [2.24, 2.45) is 17.8 Å². The Morgan fingerprint density at radius 1 is 0.946 bits per heavy atom. The normalized spacial score (nSPS) is 27.3. The summed E-state index contributed by atoms with van der Waals surface area (Å²) in [5.41, 5.74) is -3.35. The van der Waals surface area contributed by atoms with Gasteiger partial charge < -0.3 is 5.11 Å². The summed E-state index contributed by atoms with van der Waals surface area (Å²) < 4.78 is 115. The zero-order chi connectivity index (χ0) is 41.1. The van der Waals surface area contributed by atoms with E-state index in [1.807, 2.05) is 0 Å². The van der Waals surface area contributed by atoms with Crippen LogP contribution in [0.25, 0.3) is 0 Å². The van der Waals surface area contributed by atoms with Crippen molar-refractivity contribution in [1.29, 1.82) is 0 Å². The number of hydrazine groups is 1. The molecule has 3 heterocycles. The number of anilines is 2. The van der Waals surface area contributed by atoms with E-state index < -0.39 is 122 Å². The fourth-order valence-electron chi connectivity index (χ4n) is 8.27. The molecule has 4 amide bonds. The predicted molar refractivity (Wildman–Crippen MR) is 183 cm³/mol. The lowest BCUT2D eigenvalue weighted by Gasteiger charge is -2.50. The highest BCUT2D eigenvalue weighted by molar-refractivity contribution is 6.58. The molecule has 7 rings (SSSR count). The number of fused-ring (bicyclic) bond motifs is 4. The SMILES string of the molecule is C=CCc1cccc([C@H]2C3=CC[C@@H]4C(=O)N(N(C)c5nc(C(F)(F)F)ccc5Cl)C(=O)[C@@H]4[C@@H]3C[C@@]3(Cl)C(=O)N(c4c(F)c(F)c(F)c(F)c4F)C(=O)[C@@]23Cl)c1O. The molecule has 4 aliphatic rings. The van der Waals surface area contributed by atoms with Gasteiger partial charge in [0, 0.05) is 18.5 Å². The molecular formula is C36H23Cl3F8N4O5. The van der Waals surface area contributed by atoms with Gasteiger partial charge in [-0.3, -0.25) is 24.2 Å². The highest BCUT2D eigenvalue weighted by atomic mass is 35.5. The van der Waals surface area contributed by atoms with Gasteiger partial charge in [0.2, 0.25) is 5.82 Å². The van der Waals surface area contributed by atoms with Crippen molar-refractivity contribution in [3.05, 3.63) is 106 Å². The largest absolute Gasteiger partial charge is 0.507 e. The van der Waals surface area contributed by atoms with Crippen LogP contribution in [-0.2, 0) is 31.8 Å². The molecule has 2 saturated heterocycles. The van der Waals surface area contributed by atoms with E-state index in [2.05, 4.69) is 11.6 Å². The third-order valence-corrected chi connectivity index (χ3v) is 12.5. The van der Waals surface area contributed by atoms with Gasteiger partial charge >= 0.3 is 6.18 Å². The van der Waals surface area contributed by atoms with Crippen LogP contribution in [0.4, 0.5) is 46.6 Å². The Balaban J connectivity index is 1.41. The number of hydrogen-bond acceptors (Lipinski definition) is 7. The summed E-state index contributed by atoms with van der Waals surface area (Å²) in [6.45, 7) is 3.62. The minimum atomic E-state index is -4.95. The van der Waals surface area contributed by atoms with Crippen LogP contribution in [0.15, 0.2) is 54.6 Å². The summed E-state index contributed by atoms with van der Waals surface area (Å²) in [5.74, 6) is -25.3. The van der Waals surface area contributed by atoms with Crippen LogP contribution in [0, 0.1) is 46.8 Å². The molecule has 3 aromatic rings. The molecule has 1 saturated carbocycles. The van der Waals surface area contributed by atoms with Crippen molar-refractivity contribution in [2.75, 3.05) is 17.0 Å². The lowest BCUT2D eigenvalue weighted by Crippen LogP contribution is -2.60. The van der Waals surface area contributed by atoms with Gasteiger partial charge in [-0.05, 0) is 42.9 Å². The minimum Gasteiger partial charge on any atom is -0.507 e. The highest BCUT2D eigenvalue weighted by Crippen LogP contribution is 2.67. The summed E-state index contributed by atoms with van der Waals surface area (Å²) >= 11 is 20.4. The van der Waals surface area contributed by atoms with Crippen LogP contribution in [-0.4, -0.2) is 55.5 Å². The van der Waals surface area contributed by atoms with Gasteiger partial charge in [-0.1, -0.05) is 47.5 Å². The first kappa shape index (κ1) is 39.5. The second kappa shape index (κ2) is 13.2. The molecular weight excluding hydrogens is 827 g/mol. The van der Waals surface area contributed by atoms with E-state index in [4.69, 9.17) is 34.8 Å². The Bertz CT molecular complexity index is 2320. The van der Waals surface area contributed by atoms with Gasteiger partial charge in [0.25, 0.3) is 23.6 Å². The molecule has 1 N–H and O–H groups in total. The van der Waals surface area contributed by atoms with Crippen LogP contribution < -0.4 is 9.91 Å². The zero-order valence-electron chi connectivity index (χ0n) is 28.2. The van der Waals surface area contributed by atoms with E-state index in [1.165, 1.54) is 30.4 Å². The fourth-order valence-corrected chi connectivity index (χ4v) is 9.42. The minimum absolute atomic E-state index is 0.0323. The molecule has 56 heavy (non-hydrogen) atoms. The van der Waals surface area contributed by atoms with Gasteiger partial charge in [0.05, 0.1) is 16.9 Å². The molecule has 0 bridgehead atoms. The van der Waals surface area contributed by atoms with E-state index in [1.54, 1.807) is 0 Å². The van der Waals surface area contributed by atoms with Crippen LogP contribution in [0.3, 0.4) is 0 Å². The first-order valence-corrected chi connectivity index (χ1v) is 17.5. The lowest BCUT2D eigenvalue weighted by molar-refractivity contribution is -0.141. The number of imide groups is 2. The summed E-state index contributed by atoms with van der Waals surface area (Å²) in [7, 11) is 1.05.